The summed E-state index contributed by atoms with van der Waals surface area (Å²) in [5.74, 6) is -0.904. The number of aryl methyl sites for hydroxylation is 1. The molecule has 1 aromatic carbocycles. The number of aromatic carboxylic acids is 1. The van der Waals surface area contributed by atoms with Crippen LogP contribution in [0.4, 0.5) is 15.9 Å². The molecule has 2 aromatic heterocycles. The minimum absolute atomic E-state index is 0.0110. The summed E-state index contributed by atoms with van der Waals surface area (Å²) < 4.78 is 21.6. The maximum atomic E-state index is 14.1. The number of benzene rings is 1. The van der Waals surface area contributed by atoms with Gasteiger partial charge in [0.1, 0.15) is 28.6 Å². The zero-order valence-corrected chi connectivity index (χ0v) is 15.0. The quantitative estimate of drug-likeness (QED) is 0.604. The molecule has 0 aliphatic carbocycles. The average Bonchev–Trinajstić information content (AvgIpc) is 2.82. The van der Waals surface area contributed by atoms with Gasteiger partial charge in [0.05, 0.1) is 19.0 Å². The van der Waals surface area contributed by atoms with Crippen LogP contribution in [0.25, 0.3) is 11.0 Å². The van der Waals surface area contributed by atoms with Gasteiger partial charge in [0.2, 0.25) is 0 Å². The van der Waals surface area contributed by atoms with E-state index in [1.54, 1.807) is 29.8 Å². The predicted octanol–water partition coefficient (Wildman–Crippen LogP) is 3.77. The van der Waals surface area contributed by atoms with E-state index in [-0.39, 0.29) is 17.1 Å². The highest BCUT2D eigenvalue weighted by Crippen LogP contribution is 2.33. The molecule has 0 saturated carbocycles. The van der Waals surface area contributed by atoms with Crippen molar-refractivity contribution in [3.8, 4) is 5.75 Å². The molecule has 0 bridgehead atoms. The molecule has 6 nitrogen and oxygen atoms in total. The van der Waals surface area contributed by atoms with Crippen molar-refractivity contribution in [2.75, 3.05) is 12.4 Å². The van der Waals surface area contributed by atoms with Crippen molar-refractivity contribution < 1.29 is 19.0 Å². The second kappa shape index (κ2) is 6.27. The van der Waals surface area contributed by atoms with E-state index in [0.29, 0.717) is 16.8 Å². The van der Waals surface area contributed by atoms with Crippen molar-refractivity contribution in [1.82, 2.24) is 9.55 Å². The molecule has 0 atom stereocenters. The standard InChI is InChI=1S/C16H13FIN3O3/c1-21-14-10(6-9(24-2)7-19-14)13(16(22)23)15(21)20-12-4-3-8(18)5-11(12)17/h3-7,20H,1-2H3,(H,22,23). The number of carboxylic acid groups (broad SMARTS) is 1. The first kappa shape index (κ1) is 16.5. The largest absolute Gasteiger partial charge is 0.495 e. The van der Waals surface area contributed by atoms with Gasteiger partial charge in [-0.3, -0.25) is 0 Å². The maximum absolute atomic E-state index is 14.1. The van der Waals surface area contributed by atoms with Crippen LogP contribution in [0.1, 0.15) is 10.4 Å². The molecule has 0 spiro atoms. The van der Waals surface area contributed by atoms with E-state index in [1.807, 2.05) is 22.6 Å². The first-order chi connectivity index (χ1) is 11.4. The van der Waals surface area contributed by atoms with Gasteiger partial charge in [-0.15, -0.1) is 0 Å². The van der Waals surface area contributed by atoms with Crippen molar-refractivity contribution in [2.45, 2.75) is 0 Å². The van der Waals surface area contributed by atoms with Crippen LogP contribution in [0.5, 0.6) is 5.75 Å². The van der Waals surface area contributed by atoms with E-state index >= 15 is 0 Å². The maximum Gasteiger partial charge on any atom is 0.340 e. The number of nitrogens with one attached hydrogen (secondary N) is 1. The number of anilines is 2. The Hall–Kier alpha value is -2.36. The highest BCUT2D eigenvalue weighted by atomic mass is 127. The van der Waals surface area contributed by atoms with Crippen molar-refractivity contribution in [2.24, 2.45) is 7.05 Å². The van der Waals surface area contributed by atoms with Crippen LogP contribution in [-0.2, 0) is 7.05 Å². The summed E-state index contributed by atoms with van der Waals surface area (Å²) in [5, 5.41) is 12.9. The van der Waals surface area contributed by atoms with Gasteiger partial charge in [0.15, 0.2) is 0 Å². The summed E-state index contributed by atoms with van der Waals surface area (Å²) in [4.78, 5) is 16.0. The topological polar surface area (TPSA) is 76.4 Å². The predicted molar refractivity (Wildman–Crippen MR) is 96.6 cm³/mol. The molecule has 3 rings (SSSR count). The third-order valence-electron chi connectivity index (χ3n) is 3.63. The number of hydrogen-bond acceptors (Lipinski definition) is 4. The number of ether oxygens (including phenoxy) is 1. The van der Waals surface area contributed by atoms with Crippen LogP contribution in [0.2, 0.25) is 0 Å². The fraction of sp³-hybridized carbons (Fsp3) is 0.125. The van der Waals surface area contributed by atoms with E-state index in [2.05, 4.69) is 10.3 Å². The van der Waals surface area contributed by atoms with Gasteiger partial charge in [-0.05, 0) is 46.9 Å². The van der Waals surface area contributed by atoms with Gasteiger partial charge >= 0.3 is 5.97 Å². The third-order valence-corrected chi connectivity index (χ3v) is 4.31. The number of nitrogens with zero attached hydrogens (tertiary/aromatic N) is 2. The van der Waals surface area contributed by atoms with Gasteiger partial charge in [-0.25, -0.2) is 14.2 Å². The van der Waals surface area contributed by atoms with Gasteiger partial charge in [0.25, 0.3) is 0 Å². The molecule has 0 saturated heterocycles. The van der Waals surface area contributed by atoms with Crippen LogP contribution < -0.4 is 10.1 Å². The molecule has 24 heavy (non-hydrogen) atoms. The Kier molecular flexibility index (Phi) is 4.31. The summed E-state index contributed by atoms with van der Waals surface area (Å²) in [6.07, 6.45) is 1.50. The monoisotopic (exact) mass is 441 g/mol. The molecule has 3 aromatic rings. The number of carbonyl (C=O) groups is 1. The summed E-state index contributed by atoms with van der Waals surface area (Å²) in [6, 6.07) is 6.26. The highest BCUT2D eigenvalue weighted by Gasteiger charge is 2.23. The minimum Gasteiger partial charge on any atom is -0.495 e. The lowest BCUT2D eigenvalue weighted by atomic mass is 10.2. The van der Waals surface area contributed by atoms with Crippen LogP contribution in [0.3, 0.4) is 0 Å². The number of carboxylic acids is 1. The molecule has 0 aliphatic rings. The number of methoxy groups -OCH3 is 1. The average molecular weight is 441 g/mol. The Labute approximate surface area is 150 Å². The van der Waals surface area contributed by atoms with E-state index in [1.165, 1.54) is 19.4 Å². The Morgan fingerprint density at radius 3 is 2.79 bits per heavy atom. The zero-order chi connectivity index (χ0) is 17.4. The number of rotatable bonds is 4. The van der Waals surface area contributed by atoms with E-state index in [9.17, 15) is 14.3 Å². The number of halogens is 2. The zero-order valence-electron chi connectivity index (χ0n) is 12.8. The van der Waals surface area contributed by atoms with Gasteiger partial charge in [-0.1, -0.05) is 0 Å². The fourth-order valence-electron chi connectivity index (χ4n) is 2.48. The third kappa shape index (κ3) is 2.77. The SMILES string of the molecule is COc1cnc2c(c1)c(C(=O)O)c(Nc1ccc(I)cc1F)n2C. The molecule has 0 unspecified atom stereocenters. The first-order valence-electron chi connectivity index (χ1n) is 6.90. The van der Waals surface area contributed by atoms with E-state index in [4.69, 9.17) is 4.74 Å². The Balaban J connectivity index is 2.21. The smallest absolute Gasteiger partial charge is 0.340 e. The molecular weight excluding hydrogens is 428 g/mol. The van der Waals surface area contributed by atoms with E-state index in [0.717, 1.165) is 3.57 Å². The van der Waals surface area contributed by atoms with Crippen molar-refractivity contribution >= 4 is 51.1 Å². The van der Waals surface area contributed by atoms with Crippen molar-refractivity contribution in [1.29, 1.82) is 0 Å². The van der Waals surface area contributed by atoms with Crippen LogP contribution >= 0.6 is 22.6 Å². The lowest BCUT2D eigenvalue weighted by Crippen LogP contribution is -2.05. The molecule has 0 aliphatic heterocycles. The lowest BCUT2D eigenvalue weighted by molar-refractivity contribution is 0.0700. The van der Waals surface area contributed by atoms with Crippen molar-refractivity contribution in [3.05, 3.63) is 45.4 Å². The number of hydrogen-bond donors (Lipinski definition) is 2. The summed E-state index contributed by atoms with van der Waals surface area (Å²) in [7, 11) is 3.15. The number of pyridine rings is 1. The highest BCUT2D eigenvalue weighted by molar-refractivity contribution is 14.1. The molecule has 2 N–H and O–H groups in total. The molecule has 0 radical (unpaired) electrons. The van der Waals surface area contributed by atoms with Gasteiger partial charge in [-0.2, -0.15) is 0 Å². The van der Waals surface area contributed by atoms with Crippen molar-refractivity contribution in [3.63, 3.8) is 0 Å². The Morgan fingerprint density at radius 1 is 1.42 bits per heavy atom. The summed E-state index contributed by atoms with van der Waals surface area (Å²) in [6.45, 7) is 0. The van der Waals surface area contributed by atoms with Crippen LogP contribution in [0, 0.1) is 9.39 Å². The minimum atomic E-state index is -1.14. The molecule has 2 heterocycles. The van der Waals surface area contributed by atoms with E-state index < -0.39 is 11.8 Å². The Morgan fingerprint density at radius 2 is 2.17 bits per heavy atom. The lowest BCUT2D eigenvalue weighted by Gasteiger charge is -2.10. The number of aromatic nitrogens is 2. The second-order valence-electron chi connectivity index (χ2n) is 5.08. The van der Waals surface area contributed by atoms with Gasteiger partial charge < -0.3 is 19.7 Å². The Bertz CT molecular complexity index is 955. The summed E-state index contributed by atoms with van der Waals surface area (Å²) >= 11 is 2.01. The second-order valence-corrected chi connectivity index (χ2v) is 6.33. The molecule has 0 fully saturated rings. The summed E-state index contributed by atoms with van der Waals surface area (Å²) in [5.41, 5.74) is 0.661. The normalized spacial score (nSPS) is 10.8. The molecule has 0 amide bonds. The molecule has 8 heteroatoms. The van der Waals surface area contributed by atoms with Crippen LogP contribution in [-0.4, -0.2) is 27.7 Å². The molecular formula is C16H13FIN3O3. The van der Waals surface area contributed by atoms with Gasteiger partial charge in [0, 0.05) is 16.0 Å². The first-order valence-corrected chi connectivity index (χ1v) is 7.98. The fourth-order valence-corrected chi connectivity index (χ4v) is 2.94. The van der Waals surface area contributed by atoms with Crippen LogP contribution in [0.15, 0.2) is 30.5 Å². The number of fused-ring (bicyclic) bond motifs is 1. The molecule has 124 valence electrons.